The Hall–Kier alpha value is -2.53. The first kappa shape index (κ1) is 21.2. The first-order valence-electron chi connectivity index (χ1n) is 10.9. The number of likely N-dealkylation sites (tertiary alicyclic amines) is 1. The van der Waals surface area contributed by atoms with Gasteiger partial charge in [0.1, 0.15) is 0 Å². The van der Waals surface area contributed by atoms with E-state index in [4.69, 9.17) is 4.99 Å². The average molecular weight is 394 g/mol. The van der Waals surface area contributed by atoms with Crippen LogP contribution in [-0.2, 0) is 6.54 Å². The summed E-state index contributed by atoms with van der Waals surface area (Å²) in [6.45, 7) is 8.08. The van der Waals surface area contributed by atoms with Crippen LogP contribution >= 0.6 is 0 Å². The van der Waals surface area contributed by atoms with Crippen molar-refractivity contribution in [3.63, 3.8) is 0 Å². The van der Waals surface area contributed by atoms with Crippen molar-refractivity contribution in [1.82, 2.24) is 15.5 Å². The molecule has 3 rings (SSSR count). The van der Waals surface area contributed by atoms with Gasteiger partial charge < -0.3 is 16.0 Å². The molecule has 1 heterocycles. The molecule has 0 unspecified atom stereocenters. The van der Waals surface area contributed by atoms with Gasteiger partial charge in [0.2, 0.25) is 0 Å². The second kappa shape index (κ2) is 12.1. The Morgan fingerprint density at radius 1 is 1.00 bits per heavy atom. The summed E-state index contributed by atoms with van der Waals surface area (Å²) in [7, 11) is 0. The lowest BCUT2D eigenvalue weighted by atomic mass is 10.0. The van der Waals surface area contributed by atoms with Gasteiger partial charge in [0.15, 0.2) is 5.96 Å². The van der Waals surface area contributed by atoms with Crippen molar-refractivity contribution in [2.24, 2.45) is 4.99 Å². The van der Waals surface area contributed by atoms with E-state index in [0.717, 1.165) is 64.5 Å². The standard InChI is InChI=1S/C24H35N5/c1-2-25-24(27-17-9-16-26-22-12-7-4-8-13-22)28-23-14-18-29(19-15-23)20-21-10-5-3-6-11-21/h3-8,10-13,23,26H,2,9,14-20H2,1H3,(H2,25,27,28). The van der Waals surface area contributed by atoms with E-state index in [1.807, 2.05) is 6.07 Å². The fraction of sp³-hybridized carbons (Fsp3) is 0.458. The van der Waals surface area contributed by atoms with Gasteiger partial charge in [-0.25, -0.2) is 0 Å². The molecule has 0 amide bonds. The third-order valence-electron chi connectivity index (χ3n) is 5.23. The molecule has 5 nitrogen and oxygen atoms in total. The van der Waals surface area contributed by atoms with Crippen molar-refractivity contribution >= 4 is 11.6 Å². The van der Waals surface area contributed by atoms with Gasteiger partial charge in [-0.2, -0.15) is 0 Å². The van der Waals surface area contributed by atoms with Crippen LogP contribution in [0.15, 0.2) is 65.7 Å². The van der Waals surface area contributed by atoms with Gasteiger partial charge in [0.05, 0.1) is 0 Å². The molecule has 0 spiro atoms. The fourth-order valence-corrected chi connectivity index (χ4v) is 3.65. The Kier molecular flexibility index (Phi) is 8.86. The first-order valence-corrected chi connectivity index (χ1v) is 10.9. The van der Waals surface area contributed by atoms with Crippen LogP contribution in [0.1, 0.15) is 31.7 Å². The van der Waals surface area contributed by atoms with Crippen molar-refractivity contribution in [2.45, 2.75) is 38.8 Å². The van der Waals surface area contributed by atoms with E-state index in [2.05, 4.69) is 82.4 Å². The number of aliphatic imine (C=N–C) groups is 1. The smallest absolute Gasteiger partial charge is 0.191 e. The summed E-state index contributed by atoms with van der Waals surface area (Å²) in [6.07, 6.45) is 3.33. The maximum Gasteiger partial charge on any atom is 0.191 e. The second-order valence-electron chi connectivity index (χ2n) is 7.59. The number of nitrogens with zero attached hydrogens (tertiary/aromatic N) is 2. The lowest BCUT2D eigenvalue weighted by Gasteiger charge is -2.33. The Balaban J connectivity index is 1.36. The van der Waals surface area contributed by atoms with E-state index < -0.39 is 0 Å². The van der Waals surface area contributed by atoms with Gasteiger partial charge in [-0.1, -0.05) is 48.5 Å². The van der Waals surface area contributed by atoms with Crippen LogP contribution < -0.4 is 16.0 Å². The van der Waals surface area contributed by atoms with E-state index in [0.29, 0.717) is 6.04 Å². The Labute approximate surface area is 175 Å². The fourth-order valence-electron chi connectivity index (χ4n) is 3.65. The normalized spacial score (nSPS) is 15.8. The topological polar surface area (TPSA) is 51.7 Å². The molecule has 1 aliphatic rings. The molecule has 0 atom stereocenters. The zero-order valence-electron chi connectivity index (χ0n) is 17.6. The van der Waals surface area contributed by atoms with Gasteiger partial charge in [0, 0.05) is 51.0 Å². The van der Waals surface area contributed by atoms with E-state index >= 15 is 0 Å². The summed E-state index contributed by atoms with van der Waals surface area (Å²) in [5.41, 5.74) is 2.57. The van der Waals surface area contributed by atoms with Crippen molar-refractivity contribution in [2.75, 3.05) is 38.0 Å². The second-order valence-corrected chi connectivity index (χ2v) is 7.59. The van der Waals surface area contributed by atoms with Crippen molar-refractivity contribution in [3.05, 3.63) is 66.2 Å². The summed E-state index contributed by atoms with van der Waals surface area (Å²) in [6, 6.07) is 21.6. The minimum Gasteiger partial charge on any atom is -0.385 e. The molecule has 156 valence electrons. The summed E-state index contributed by atoms with van der Waals surface area (Å²) >= 11 is 0. The SMILES string of the molecule is CCNC(=NCCCNc1ccccc1)NC1CCN(Cc2ccccc2)CC1. The molecule has 2 aromatic carbocycles. The van der Waals surface area contributed by atoms with Crippen molar-refractivity contribution in [1.29, 1.82) is 0 Å². The van der Waals surface area contributed by atoms with Crippen LogP contribution in [0.5, 0.6) is 0 Å². The van der Waals surface area contributed by atoms with Crippen LogP contribution in [0, 0.1) is 0 Å². The van der Waals surface area contributed by atoms with Crippen LogP contribution in [0.2, 0.25) is 0 Å². The van der Waals surface area contributed by atoms with Gasteiger partial charge in [-0.3, -0.25) is 9.89 Å². The molecule has 0 aromatic heterocycles. The van der Waals surface area contributed by atoms with Gasteiger partial charge in [0.25, 0.3) is 0 Å². The van der Waals surface area contributed by atoms with E-state index in [-0.39, 0.29) is 0 Å². The maximum absolute atomic E-state index is 4.77. The minimum atomic E-state index is 0.502. The molecule has 1 fully saturated rings. The zero-order chi connectivity index (χ0) is 20.2. The lowest BCUT2D eigenvalue weighted by molar-refractivity contribution is 0.198. The highest BCUT2D eigenvalue weighted by atomic mass is 15.2. The molecule has 29 heavy (non-hydrogen) atoms. The molecule has 2 aromatic rings. The maximum atomic E-state index is 4.77. The molecule has 0 saturated carbocycles. The van der Waals surface area contributed by atoms with Gasteiger partial charge in [-0.15, -0.1) is 0 Å². The van der Waals surface area contributed by atoms with Crippen LogP contribution in [0.25, 0.3) is 0 Å². The summed E-state index contributed by atoms with van der Waals surface area (Å²) in [5.74, 6) is 0.953. The summed E-state index contributed by atoms with van der Waals surface area (Å²) in [4.78, 5) is 7.31. The lowest BCUT2D eigenvalue weighted by Crippen LogP contribution is -2.48. The van der Waals surface area contributed by atoms with E-state index in [1.165, 1.54) is 11.3 Å². The number of piperidine rings is 1. The summed E-state index contributed by atoms with van der Waals surface area (Å²) in [5, 5.41) is 10.5. The van der Waals surface area contributed by atoms with Crippen LogP contribution in [-0.4, -0.2) is 49.6 Å². The van der Waals surface area contributed by atoms with Crippen molar-refractivity contribution < 1.29 is 0 Å². The number of para-hydroxylation sites is 1. The third kappa shape index (κ3) is 7.78. The monoisotopic (exact) mass is 393 g/mol. The first-order chi connectivity index (χ1) is 14.3. The van der Waals surface area contributed by atoms with Gasteiger partial charge in [-0.05, 0) is 43.9 Å². The third-order valence-corrected chi connectivity index (χ3v) is 5.23. The van der Waals surface area contributed by atoms with E-state index in [9.17, 15) is 0 Å². The van der Waals surface area contributed by atoms with Crippen LogP contribution in [0.4, 0.5) is 5.69 Å². The molecule has 3 N–H and O–H groups in total. The predicted octanol–water partition coefficient (Wildman–Crippen LogP) is 3.71. The van der Waals surface area contributed by atoms with Crippen molar-refractivity contribution in [3.8, 4) is 0 Å². The molecule has 0 aliphatic carbocycles. The molecule has 0 radical (unpaired) electrons. The van der Waals surface area contributed by atoms with Gasteiger partial charge >= 0.3 is 0 Å². The average Bonchev–Trinajstić information content (AvgIpc) is 2.76. The number of hydrogen-bond donors (Lipinski definition) is 3. The van der Waals surface area contributed by atoms with E-state index in [1.54, 1.807) is 0 Å². The number of benzene rings is 2. The Morgan fingerprint density at radius 3 is 2.38 bits per heavy atom. The number of nitrogens with one attached hydrogen (secondary N) is 3. The molecular weight excluding hydrogens is 358 g/mol. The predicted molar refractivity (Wildman–Crippen MR) is 123 cm³/mol. The Bertz CT molecular complexity index is 709. The molecule has 0 bridgehead atoms. The number of guanidine groups is 1. The molecule has 5 heteroatoms. The highest BCUT2D eigenvalue weighted by Gasteiger charge is 2.19. The number of anilines is 1. The number of hydrogen-bond acceptors (Lipinski definition) is 3. The summed E-state index contributed by atoms with van der Waals surface area (Å²) < 4.78 is 0. The van der Waals surface area contributed by atoms with Crippen LogP contribution in [0.3, 0.4) is 0 Å². The molecule has 1 aliphatic heterocycles. The zero-order valence-corrected chi connectivity index (χ0v) is 17.6. The minimum absolute atomic E-state index is 0.502. The quantitative estimate of drug-likeness (QED) is 0.345. The molecule has 1 saturated heterocycles. The molecular formula is C24H35N5. The largest absolute Gasteiger partial charge is 0.385 e. The number of rotatable bonds is 9. The highest BCUT2D eigenvalue weighted by molar-refractivity contribution is 5.80. The Morgan fingerprint density at radius 2 is 1.69 bits per heavy atom. The highest BCUT2D eigenvalue weighted by Crippen LogP contribution is 2.13.